The number of hydrogen-bond donors (Lipinski definition) is 1. The summed E-state index contributed by atoms with van der Waals surface area (Å²) in [5.74, 6) is 0.253. The van der Waals surface area contributed by atoms with Crippen molar-refractivity contribution in [2.24, 2.45) is 0 Å². The van der Waals surface area contributed by atoms with E-state index in [1.54, 1.807) is 49.5 Å². The first-order valence-corrected chi connectivity index (χ1v) is 7.57. The van der Waals surface area contributed by atoms with Crippen LogP contribution in [0.4, 0.5) is 5.69 Å². The molecule has 0 aliphatic heterocycles. The largest absolute Gasteiger partial charge is 0.493 e. The minimum atomic E-state index is -0.478. The maximum atomic E-state index is 12.7. The highest BCUT2D eigenvalue weighted by atomic mass is 16.5. The number of anilines is 1. The molecule has 1 aromatic carbocycles. The summed E-state index contributed by atoms with van der Waals surface area (Å²) in [6, 6.07) is 10.2. The van der Waals surface area contributed by atoms with Crippen molar-refractivity contribution >= 4 is 17.2 Å². The van der Waals surface area contributed by atoms with Crippen molar-refractivity contribution in [3.63, 3.8) is 0 Å². The van der Waals surface area contributed by atoms with Crippen LogP contribution < -0.4 is 20.3 Å². The minimum absolute atomic E-state index is 0.124. The zero-order chi connectivity index (χ0) is 18.0. The van der Waals surface area contributed by atoms with E-state index < -0.39 is 5.91 Å². The molecule has 0 atom stereocenters. The van der Waals surface area contributed by atoms with Crippen LogP contribution in [0.15, 0.2) is 47.4 Å². The zero-order valence-electron chi connectivity index (χ0n) is 14.1. The number of nitrogens with zero attached hydrogens (tertiary/aromatic N) is 2. The molecule has 2 heterocycles. The van der Waals surface area contributed by atoms with Crippen LogP contribution in [0.1, 0.15) is 16.1 Å². The first kappa shape index (κ1) is 16.5. The molecule has 0 unspecified atom stereocenters. The van der Waals surface area contributed by atoms with Gasteiger partial charge in [0.25, 0.3) is 11.5 Å². The fourth-order valence-electron chi connectivity index (χ4n) is 2.59. The van der Waals surface area contributed by atoms with Gasteiger partial charge in [-0.25, -0.2) is 4.98 Å². The molecule has 0 saturated carbocycles. The minimum Gasteiger partial charge on any atom is -0.493 e. The topological polar surface area (TPSA) is 81.9 Å². The molecule has 0 radical (unpaired) electrons. The Labute approximate surface area is 143 Å². The lowest BCUT2D eigenvalue weighted by Gasteiger charge is -2.13. The molecule has 128 valence electrons. The summed E-state index contributed by atoms with van der Waals surface area (Å²) in [6.45, 7) is 1.67. The van der Waals surface area contributed by atoms with Crippen LogP contribution in [0.3, 0.4) is 0 Å². The number of aromatic nitrogens is 2. The number of carbonyl (C=O) groups is 1. The summed E-state index contributed by atoms with van der Waals surface area (Å²) < 4.78 is 11.9. The van der Waals surface area contributed by atoms with E-state index in [4.69, 9.17) is 9.47 Å². The SMILES string of the molecule is COc1cccc(C(=O)Nc2c(C)nc3ccccn3c2=O)c1OC. The first-order chi connectivity index (χ1) is 12.1. The normalized spacial score (nSPS) is 10.5. The molecule has 25 heavy (non-hydrogen) atoms. The molecule has 2 aromatic heterocycles. The summed E-state index contributed by atoms with van der Waals surface area (Å²) in [4.78, 5) is 29.7. The number of aryl methyl sites for hydroxylation is 1. The van der Waals surface area contributed by atoms with Gasteiger partial charge in [-0.2, -0.15) is 0 Å². The van der Waals surface area contributed by atoms with E-state index in [0.29, 0.717) is 22.8 Å². The van der Waals surface area contributed by atoms with Crippen LogP contribution in [0.5, 0.6) is 11.5 Å². The van der Waals surface area contributed by atoms with Gasteiger partial charge in [0.05, 0.1) is 25.5 Å². The molecule has 0 bridgehead atoms. The van der Waals surface area contributed by atoms with Crippen LogP contribution >= 0.6 is 0 Å². The van der Waals surface area contributed by atoms with E-state index in [2.05, 4.69) is 10.3 Å². The third-order valence-electron chi connectivity index (χ3n) is 3.80. The maximum absolute atomic E-state index is 12.7. The highest BCUT2D eigenvalue weighted by molar-refractivity contribution is 6.07. The van der Waals surface area contributed by atoms with Crippen LogP contribution in [0.25, 0.3) is 5.65 Å². The van der Waals surface area contributed by atoms with Crippen LogP contribution in [0, 0.1) is 6.92 Å². The standard InChI is InChI=1S/C18H17N3O4/c1-11-15(18(23)21-10-5-4-9-14(21)19-11)20-17(22)12-7-6-8-13(24-2)16(12)25-3/h4-10H,1-3H3,(H,20,22). The summed E-state index contributed by atoms with van der Waals surface area (Å²) in [5.41, 5.74) is 0.990. The van der Waals surface area contributed by atoms with Gasteiger partial charge < -0.3 is 14.8 Å². The monoisotopic (exact) mass is 339 g/mol. The van der Waals surface area contributed by atoms with Crippen LogP contribution in [-0.2, 0) is 0 Å². The summed E-state index contributed by atoms with van der Waals surface area (Å²) in [6.07, 6.45) is 1.60. The number of amides is 1. The number of ether oxygens (including phenoxy) is 2. The molecule has 1 amide bonds. The molecular formula is C18H17N3O4. The highest BCUT2D eigenvalue weighted by Crippen LogP contribution is 2.31. The highest BCUT2D eigenvalue weighted by Gasteiger charge is 2.19. The molecule has 0 saturated heterocycles. The van der Waals surface area contributed by atoms with Gasteiger partial charge in [-0.05, 0) is 31.2 Å². The van der Waals surface area contributed by atoms with E-state index >= 15 is 0 Å². The number of nitrogens with one attached hydrogen (secondary N) is 1. The molecule has 3 rings (SSSR count). The van der Waals surface area contributed by atoms with Gasteiger partial charge in [-0.1, -0.05) is 12.1 Å². The predicted molar refractivity (Wildman–Crippen MR) is 93.7 cm³/mol. The van der Waals surface area contributed by atoms with Crippen molar-refractivity contribution in [1.82, 2.24) is 9.38 Å². The molecule has 0 aliphatic rings. The van der Waals surface area contributed by atoms with Gasteiger partial charge in [0, 0.05) is 6.20 Å². The summed E-state index contributed by atoms with van der Waals surface area (Å²) >= 11 is 0. The molecule has 7 heteroatoms. The Hall–Kier alpha value is -3.35. The van der Waals surface area contributed by atoms with Crippen molar-refractivity contribution in [2.45, 2.75) is 6.92 Å². The quantitative estimate of drug-likeness (QED) is 0.788. The molecule has 0 spiro atoms. The van der Waals surface area contributed by atoms with Crippen molar-refractivity contribution in [3.8, 4) is 11.5 Å². The zero-order valence-corrected chi connectivity index (χ0v) is 14.1. The number of carbonyl (C=O) groups excluding carboxylic acids is 1. The molecule has 3 aromatic rings. The average molecular weight is 339 g/mol. The Morgan fingerprint density at radius 3 is 2.64 bits per heavy atom. The fraction of sp³-hybridized carbons (Fsp3) is 0.167. The van der Waals surface area contributed by atoms with E-state index in [-0.39, 0.29) is 16.8 Å². The molecular weight excluding hydrogens is 322 g/mol. The number of rotatable bonds is 4. The second-order valence-corrected chi connectivity index (χ2v) is 5.30. The number of para-hydroxylation sites is 1. The van der Waals surface area contributed by atoms with Gasteiger partial charge >= 0.3 is 0 Å². The fourth-order valence-corrected chi connectivity index (χ4v) is 2.59. The second kappa shape index (κ2) is 6.64. The van der Waals surface area contributed by atoms with Crippen molar-refractivity contribution < 1.29 is 14.3 Å². The first-order valence-electron chi connectivity index (χ1n) is 7.57. The van der Waals surface area contributed by atoms with Gasteiger partial charge in [0.1, 0.15) is 11.3 Å². The predicted octanol–water partition coefficient (Wildman–Crippen LogP) is 2.27. The van der Waals surface area contributed by atoms with E-state index in [1.165, 1.54) is 18.6 Å². The smallest absolute Gasteiger partial charge is 0.281 e. The van der Waals surface area contributed by atoms with E-state index in [0.717, 1.165) is 0 Å². The third-order valence-corrected chi connectivity index (χ3v) is 3.80. The van der Waals surface area contributed by atoms with Crippen LogP contribution in [-0.4, -0.2) is 29.5 Å². The summed E-state index contributed by atoms with van der Waals surface area (Å²) in [5, 5.41) is 2.64. The lowest BCUT2D eigenvalue weighted by molar-refractivity contribution is 0.102. The second-order valence-electron chi connectivity index (χ2n) is 5.30. The molecule has 1 N–H and O–H groups in total. The van der Waals surface area contributed by atoms with Crippen molar-refractivity contribution in [3.05, 3.63) is 64.2 Å². The Bertz CT molecular complexity index is 1010. The molecule has 7 nitrogen and oxygen atoms in total. The maximum Gasteiger partial charge on any atom is 0.281 e. The van der Waals surface area contributed by atoms with Gasteiger partial charge in [0.2, 0.25) is 0 Å². The van der Waals surface area contributed by atoms with Crippen LogP contribution in [0.2, 0.25) is 0 Å². The number of pyridine rings is 1. The lowest BCUT2D eigenvalue weighted by Crippen LogP contribution is -2.25. The van der Waals surface area contributed by atoms with Gasteiger partial charge in [-0.15, -0.1) is 0 Å². The molecule has 0 fully saturated rings. The van der Waals surface area contributed by atoms with Crippen molar-refractivity contribution in [1.29, 1.82) is 0 Å². The number of hydrogen-bond acceptors (Lipinski definition) is 5. The van der Waals surface area contributed by atoms with Crippen molar-refractivity contribution in [2.75, 3.05) is 19.5 Å². The Morgan fingerprint density at radius 1 is 1.12 bits per heavy atom. The van der Waals surface area contributed by atoms with E-state index in [9.17, 15) is 9.59 Å². The summed E-state index contributed by atoms with van der Waals surface area (Å²) in [7, 11) is 2.94. The Morgan fingerprint density at radius 2 is 1.92 bits per heavy atom. The third kappa shape index (κ3) is 2.91. The Kier molecular flexibility index (Phi) is 4.38. The molecule has 0 aliphatic carbocycles. The number of benzene rings is 1. The van der Waals surface area contributed by atoms with Gasteiger partial charge in [0.15, 0.2) is 11.5 Å². The number of methoxy groups -OCH3 is 2. The lowest BCUT2D eigenvalue weighted by atomic mass is 10.1. The average Bonchev–Trinajstić information content (AvgIpc) is 2.64. The Balaban J connectivity index is 2.05. The van der Waals surface area contributed by atoms with E-state index in [1.807, 2.05) is 0 Å². The van der Waals surface area contributed by atoms with Gasteiger partial charge in [-0.3, -0.25) is 14.0 Å². The number of fused-ring (bicyclic) bond motifs is 1.